The van der Waals surface area contributed by atoms with Gasteiger partial charge in [0, 0.05) is 91.9 Å². The minimum Gasteiger partial charge on any atom is -0.490 e. The van der Waals surface area contributed by atoms with E-state index < -0.39 is 54.6 Å². The Morgan fingerprint density at radius 2 is 0.558 bits per heavy atom. The molecule has 28 heteroatoms. The number of thioether (sulfide) groups is 3. The van der Waals surface area contributed by atoms with Crippen molar-refractivity contribution in [2.45, 2.75) is 351 Å². The summed E-state index contributed by atoms with van der Waals surface area (Å²) in [6.07, 6.45) is 11.2. The molecule has 0 radical (unpaired) electrons. The van der Waals surface area contributed by atoms with Gasteiger partial charge in [-0.1, -0.05) is 249 Å². The van der Waals surface area contributed by atoms with E-state index in [0.717, 1.165) is 30.4 Å². The molecule has 4 N–H and O–H groups in total. The number of rotatable bonds is 7. The zero-order chi connectivity index (χ0) is 97.1. The number of Topliss-reactive ketones (excluding diaryl/α,β-unsaturated/α-hetero) is 3. The average molecular weight is 1820 g/mol. The van der Waals surface area contributed by atoms with Crippen molar-refractivity contribution < 1.29 is 58.1 Å². The molecule has 1 unspecified atom stereocenters. The molecular formula is C85H182N4O13S11. The van der Waals surface area contributed by atoms with Gasteiger partial charge in [0.2, 0.25) is 0 Å². The fourth-order valence-corrected chi connectivity index (χ4v) is 2.59. The predicted octanol–water partition coefficient (Wildman–Crippen LogP) is 25.5. The molecule has 0 aliphatic rings. The maximum Gasteiger partial charge on any atom is 0.191 e. The fraction of sp³-hybridized carbons (Fsp3) is 0.859. The molecule has 17 nitrogen and oxygen atoms in total. The summed E-state index contributed by atoms with van der Waals surface area (Å²) in [5.41, 5.74) is 1.40. The van der Waals surface area contributed by atoms with Gasteiger partial charge in [-0.3, -0.25) is 34.2 Å². The number of nitrogens with one attached hydrogen (secondary N) is 4. The maximum absolute atomic E-state index is 10.7. The summed E-state index contributed by atoms with van der Waals surface area (Å²) < 4.78 is 83.1. The normalized spacial score (nSPS) is 11.5. The van der Waals surface area contributed by atoms with E-state index in [1.54, 1.807) is 108 Å². The summed E-state index contributed by atoms with van der Waals surface area (Å²) in [5.74, 6) is 3.86. The zero-order valence-corrected chi connectivity index (χ0v) is 92.3. The Morgan fingerprint density at radius 1 is 0.363 bits per heavy atom. The van der Waals surface area contributed by atoms with Gasteiger partial charge in [0.25, 0.3) is 0 Å². The lowest BCUT2D eigenvalue weighted by atomic mass is 9.91. The van der Waals surface area contributed by atoms with Crippen LogP contribution in [0.2, 0.25) is 0 Å². The molecule has 0 aliphatic carbocycles. The molecule has 0 spiro atoms. The molecular weight excluding hydrogens is 1640 g/mol. The van der Waals surface area contributed by atoms with Crippen molar-refractivity contribution in [2.24, 2.45) is 68.5 Å². The van der Waals surface area contributed by atoms with Crippen molar-refractivity contribution in [1.29, 1.82) is 21.6 Å². The van der Waals surface area contributed by atoms with Gasteiger partial charge in [0.1, 0.15) is 17.3 Å². The van der Waals surface area contributed by atoms with Gasteiger partial charge >= 0.3 is 0 Å². The Kier molecular flexibility index (Phi) is 95.1. The van der Waals surface area contributed by atoms with Crippen molar-refractivity contribution >= 4 is 188 Å². The summed E-state index contributed by atoms with van der Waals surface area (Å²) in [4.78, 5) is 44.0. The minimum atomic E-state index is -2.84. The second kappa shape index (κ2) is 72.0. The Hall–Kier alpha value is -1.63. The summed E-state index contributed by atoms with van der Waals surface area (Å²) >= 11 is 23.9. The van der Waals surface area contributed by atoms with Crippen molar-refractivity contribution in [3.63, 3.8) is 0 Å². The van der Waals surface area contributed by atoms with Crippen LogP contribution in [0.25, 0.3) is 0 Å². The number of hydrogen-bond donors (Lipinski definition) is 4. The third-order valence-electron chi connectivity index (χ3n) is 14.7. The molecule has 0 aromatic heterocycles. The van der Waals surface area contributed by atoms with Crippen LogP contribution in [0.4, 0.5) is 0 Å². The van der Waals surface area contributed by atoms with Gasteiger partial charge in [-0.25, -0.2) is 25.3 Å². The third kappa shape index (κ3) is 131. The Labute approximate surface area is 739 Å². The fourth-order valence-electron chi connectivity index (χ4n) is 1.18. The molecule has 0 heterocycles. The SMILES string of the molecule is CC(=N)C(C)(C)C.CC(=N)C(C)C.CC(=O)C(C)(C)C.CC(=O)C(C)(C)C.CC(=O)C(C)(C)C.CC(=S)C(C)(C)C.CC(=S)C(C)C.CC(C)(C)S(C)(=O)=O.CC(C)(C)S(C)(=O)=O.CC(C)(C)S(C)(=O)=O.COC(=N)C(C)C.COC(=S)C(C)C.CS(=O)C(C)(C)C.CSC(=N)C(C)C.CSC(=O)C(C)C.CSC(=S)C(C)C. The number of hydrogen-bond acceptors (Lipinski definition) is 24. The first-order valence-corrected chi connectivity index (χ1v) is 50.2. The average Bonchev–Trinajstić information content (AvgIpc) is 0.879. The van der Waals surface area contributed by atoms with Crippen LogP contribution in [-0.2, 0) is 69.0 Å². The molecule has 0 fully saturated rings. The first-order chi connectivity index (χ1) is 48.6. The smallest absolute Gasteiger partial charge is 0.191 e. The molecule has 0 saturated heterocycles. The zero-order valence-electron chi connectivity index (χ0n) is 83.3. The second-order valence-corrected chi connectivity index (χ2v) is 52.7. The molecule has 0 saturated carbocycles. The maximum atomic E-state index is 10.7. The van der Waals surface area contributed by atoms with E-state index in [0.29, 0.717) is 40.5 Å². The lowest BCUT2D eigenvalue weighted by molar-refractivity contribution is -0.124. The standard InChI is InChI=1S/C6H13N.3C6H12O.C6H12S.C5H11NO.C5H11NS.C5H11N.3C5H12O2S.C5H12OS.2C5H10OS.C5H10S2.C5H10S/c5*1-5(7)6(2,3)4;2*1-4(2)5(6)7-3;1-4(2)5(3)6;3*1-5(2,3)8(4,6)7;1-5(2,3)7(4)6;1-4(2)5(6)7-3;1-4(2)5(7)6-3;1-4(2)5(6)7-3;1-4(2)5(3)6/h7H,1-4H3;4*1-4H3;2*4,6H,1-3H3;4,6H,1-3H3;3*1-4H3;1-4H3;3*4H,1-3H3;4H,1-3H3. The number of methoxy groups -OCH3 is 2. The highest BCUT2D eigenvalue weighted by atomic mass is 32.2. The van der Waals surface area contributed by atoms with E-state index in [9.17, 15) is 48.6 Å². The van der Waals surface area contributed by atoms with E-state index >= 15 is 0 Å². The summed E-state index contributed by atoms with van der Waals surface area (Å²) in [6, 6.07) is 0. The van der Waals surface area contributed by atoms with Gasteiger partial charge in [0.05, 0.1) is 37.7 Å². The van der Waals surface area contributed by atoms with Crippen LogP contribution in [0.1, 0.15) is 332 Å². The highest BCUT2D eigenvalue weighted by Crippen LogP contribution is 2.18. The highest BCUT2D eigenvalue weighted by Gasteiger charge is 2.25. The number of ketones is 3. The van der Waals surface area contributed by atoms with Gasteiger partial charge < -0.3 is 20.3 Å². The molecule has 113 heavy (non-hydrogen) atoms. The predicted molar refractivity (Wildman–Crippen MR) is 534 cm³/mol. The number of carbonyl (C=O) groups is 4. The molecule has 686 valence electrons. The Bertz CT molecular complexity index is 2580. The topological polar surface area (TPSA) is 302 Å². The van der Waals surface area contributed by atoms with Gasteiger partial charge in [-0.05, 0) is 201 Å². The number of carbonyl (C=O) groups excluding carboxylic acids is 4. The number of sulfone groups is 3. The van der Waals surface area contributed by atoms with Gasteiger partial charge in [0.15, 0.2) is 45.6 Å². The van der Waals surface area contributed by atoms with Crippen molar-refractivity contribution in [2.75, 3.05) is 58.0 Å². The third-order valence-corrected chi connectivity index (χ3v) is 28.5. The first-order valence-electron chi connectivity index (χ1n) is 37.7. The molecule has 1 atom stereocenters. The molecule has 0 aromatic rings. The monoisotopic (exact) mass is 1820 g/mol. The van der Waals surface area contributed by atoms with E-state index in [4.69, 9.17) is 75.2 Å². The highest BCUT2D eigenvalue weighted by molar-refractivity contribution is 8.22. The lowest BCUT2D eigenvalue weighted by Gasteiger charge is -2.14. The molecule has 0 rings (SSSR count). The van der Waals surface area contributed by atoms with E-state index in [1.807, 2.05) is 220 Å². The number of thiocarbonyl (C=S) groups is 4. The van der Waals surface area contributed by atoms with E-state index in [2.05, 4.69) is 53.2 Å². The van der Waals surface area contributed by atoms with Crippen molar-refractivity contribution in [3.05, 3.63) is 0 Å². The Morgan fingerprint density at radius 3 is 0.558 bits per heavy atom. The summed E-state index contributed by atoms with van der Waals surface area (Å²) in [5, 5.41) is 29.9. The van der Waals surface area contributed by atoms with Crippen molar-refractivity contribution in [1.82, 2.24) is 0 Å². The lowest BCUT2D eigenvalue weighted by Crippen LogP contribution is -2.26. The van der Waals surface area contributed by atoms with Gasteiger partial charge in [-0.15, -0.1) is 23.5 Å². The van der Waals surface area contributed by atoms with Crippen LogP contribution >= 0.6 is 84.2 Å². The molecule has 0 amide bonds. The van der Waals surface area contributed by atoms with Crippen LogP contribution in [0.3, 0.4) is 0 Å². The second-order valence-electron chi connectivity index (χ2n) is 37.4. The van der Waals surface area contributed by atoms with Crippen LogP contribution in [0.15, 0.2) is 0 Å². The minimum absolute atomic E-state index is 0.0278. The van der Waals surface area contributed by atoms with E-state index in [-0.39, 0.29) is 66.1 Å². The largest absolute Gasteiger partial charge is 0.490 e. The number of ether oxygens (including phenoxy) is 2. The van der Waals surface area contributed by atoms with Gasteiger partial charge in [-0.2, -0.15) is 0 Å². The van der Waals surface area contributed by atoms with Crippen LogP contribution in [0, 0.1) is 90.1 Å². The molecule has 0 aromatic carbocycles. The van der Waals surface area contributed by atoms with Crippen LogP contribution in [0.5, 0.6) is 0 Å². The molecule has 0 aliphatic heterocycles. The quantitative estimate of drug-likeness (QED) is 0.105. The van der Waals surface area contributed by atoms with Crippen LogP contribution < -0.4 is 0 Å². The summed E-state index contributed by atoms with van der Waals surface area (Å²) in [7, 11) is -6.09. The first kappa shape index (κ1) is 149. The van der Waals surface area contributed by atoms with Crippen LogP contribution in [-0.4, -0.2) is 170 Å². The summed E-state index contributed by atoms with van der Waals surface area (Å²) in [6.45, 7) is 91.3. The van der Waals surface area contributed by atoms with Crippen molar-refractivity contribution in [3.8, 4) is 0 Å². The Balaban J connectivity index is -0.0000000635. The molecule has 0 bridgehead atoms. The van der Waals surface area contributed by atoms with E-state index in [1.165, 1.54) is 49.4 Å².